The van der Waals surface area contributed by atoms with Crippen LogP contribution in [0, 0.1) is 0 Å². The Morgan fingerprint density at radius 2 is 2.13 bits per heavy atom. The first-order valence-electron chi connectivity index (χ1n) is 5.19. The molecule has 0 aliphatic heterocycles. The molecule has 0 atom stereocenters. The molecule has 0 amide bonds. The number of fused-ring (bicyclic) bond motifs is 3. The fourth-order valence-corrected chi connectivity index (χ4v) is 2.32. The van der Waals surface area contributed by atoms with E-state index in [0.717, 1.165) is 35.1 Å². The van der Waals surface area contributed by atoms with Gasteiger partial charge in [-0.25, -0.2) is 0 Å². The van der Waals surface area contributed by atoms with Gasteiger partial charge in [0.05, 0.1) is 5.69 Å². The van der Waals surface area contributed by atoms with Crippen LogP contribution in [0.25, 0.3) is 10.9 Å². The summed E-state index contributed by atoms with van der Waals surface area (Å²) in [6, 6.07) is 5.77. The second-order valence-corrected chi connectivity index (χ2v) is 4.06. The molecule has 1 aliphatic carbocycles. The Bertz CT molecular complexity index is 554. The van der Waals surface area contributed by atoms with E-state index < -0.39 is 0 Å². The first-order valence-corrected chi connectivity index (χ1v) is 5.19. The maximum atomic E-state index is 11.7. The average Bonchev–Trinajstić information content (AvgIpc) is 2.57. The number of benzene rings is 1. The van der Waals surface area contributed by atoms with Crippen LogP contribution in [0.4, 0.5) is 5.69 Å². The summed E-state index contributed by atoms with van der Waals surface area (Å²) in [5.74, 6) is 0.228. The first-order chi connectivity index (χ1) is 7.25. The van der Waals surface area contributed by atoms with E-state index in [9.17, 15) is 4.79 Å². The predicted molar refractivity (Wildman–Crippen MR) is 60.0 cm³/mol. The van der Waals surface area contributed by atoms with Crippen LogP contribution >= 0.6 is 0 Å². The van der Waals surface area contributed by atoms with Gasteiger partial charge in [-0.05, 0) is 30.5 Å². The monoisotopic (exact) mass is 200 g/mol. The molecule has 3 heteroatoms. The van der Waals surface area contributed by atoms with Gasteiger partial charge in [-0.15, -0.1) is 0 Å². The quantitative estimate of drug-likeness (QED) is 0.641. The number of carbonyl (C=O) groups is 1. The van der Waals surface area contributed by atoms with Crippen LogP contribution < -0.4 is 5.73 Å². The van der Waals surface area contributed by atoms with E-state index in [1.54, 1.807) is 0 Å². The van der Waals surface area contributed by atoms with Gasteiger partial charge in [-0.3, -0.25) is 4.79 Å². The van der Waals surface area contributed by atoms with Gasteiger partial charge in [0.2, 0.25) is 0 Å². The van der Waals surface area contributed by atoms with Gasteiger partial charge >= 0.3 is 0 Å². The molecular formula is C12H12N2O. The van der Waals surface area contributed by atoms with Gasteiger partial charge in [0.1, 0.15) is 0 Å². The number of ketones is 1. The second-order valence-electron chi connectivity index (χ2n) is 4.06. The van der Waals surface area contributed by atoms with Crippen molar-refractivity contribution < 1.29 is 4.79 Å². The third kappa shape index (κ3) is 1.16. The van der Waals surface area contributed by atoms with Gasteiger partial charge in [0, 0.05) is 23.0 Å². The number of nitrogens with two attached hydrogens (primary N) is 1. The number of aromatic nitrogens is 1. The number of hydrogen-bond acceptors (Lipinski definition) is 2. The van der Waals surface area contributed by atoms with Crippen LogP contribution in [-0.4, -0.2) is 10.8 Å². The highest BCUT2D eigenvalue weighted by molar-refractivity contribution is 6.03. The highest BCUT2D eigenvalue weighted by Gasteiger charge is 2.21. The largest absolute Gasteiger partial charge is 0.399 e. The number of hydrogen-bond donors (Lipinski definition) is 2. The summed E-state index contributed by atoms with van der Waals surface area (Å²) in [5.41, 5.74) is 9.38. The Balaban J connectivity index is 2.35. The number of nitrogen functional groups attached to an aromatic ring is 1. The molecule has 3 nitrogen and oxygen atoms in total. The summed E-state index contributed by atoms with van der Waals surface area (Å²) in [5, 5.41) is 1.15. The van der Waals surface area contributed by atoms with E-state index >= 15 is 0 Å². The minimum absolute atomic E-state index is 0.228. The molecule has 2 aromatic rings. The van der Waals surface area contributed by atoms with Gasteiger partial charge in [0.15, 0.2) is 5.78 Å². The summed E-state index contributed by atoms with van der Waals surface area (Å²) in [4.78, 5) is 14.9. The van der Waals surface area contributed by atoms with E-state index in [4.69, 9.17) is 5.73 Å². The van der Waals surface area contributed by atoms with Crippen molar-refractivity contribution in [1.29, 1.82) is 0 Å². The molecule has 0 fully saturated rings. The van der Waals surface area contributed by atoms with Crippen LogP contribution in [0.2, 0.25) is 0 Å². The van der Waals surface area contributed by atoms with Gasteiger partial charge in [-0.2, -0.15) is 0 Å². The Morgan fingerprint density at radius 1 is 1.27 bits per heavy atom. The summed E-state index contributed by atoms with van der Waals surface area (Å²) >= 11 is 0. The van der Waals surface area contributed by atoms with Gasteiger partial charge in [-0.1, -0.05) is 6.07 Å². The lowest BCUT2D eigenvalue weighted by molar-refractivity contribution is 0.0968. The number of H-pyrrole nitrogens is 1. The lowest BCUT2D eigenvalue weighted by Crippen LogP contribution is -2.09. The zero-order chi connectivity index (χ0) is 10.4. The Labute approximate surface area is 87.3 Å². The second kappa shape index (κ2) is 2.86. The van der Waals surface area contributed by atoms with Crippen LogP contribution in [0.5, 0.6) is 0 Å². The van der Waals surface area contributed by atoms with Crippen LogP contribution in [-0.2, 0) is 6.42 Å². The highest BCUT2D eigenvalue weighted by Crippen LogP contribution is 2.29. The fourth-order valence-electron chi connectivity index (χ4n) is 2.32. The van der Waals surface area contributed by atoms with Gasteiger partial charge < -0.3 is 10.7 Å². The standard InChI is InChI=1S/C12H12N2O/c13-7-4-5-8-9-2-1-3-11(15)12(9)14-10(8)6-7/h4-6,14H,1-3,13H2. The highest BCUT2D eigenvalue weighted by atomic mass is 16.1. The Hall–Kier alpha value is -1.77. The van der Waals surface area contributed by atoms with Crippen LogP contribution in [0.3, 0.4) is 0 Å². The predicted octanol–water partition coefficient (Wildman–Crippen LogP) is 2.27. The number of aryl methyl sites for hydroxylation is 1. The molecule has 1 aliphatic rings. The average molecular weight is 200 g/mol. The summed E-state index contributed by atoms with van der Waals surface area (Å²) in [6.07, 6.45) is 2.61. The molecule has 0 saturated carbocycles. The van der Waals surface area contributed by atoms with E-state index in [2.05, 4.69) is 4.98 Å². The van der Waals surface area contributed by atoms with Crippen molar-refractivity contribution >= 4 is 22.4 Å². The van der Waals surface area contributed by atoms with Crippen molar-refractivity contribution in [2.24, 2.45) is 0 Å². The molecule has 3 N–H and O–H groups in total. The third-order valence-corrected chi connectivity index (χ3v) is 3.04. The lowest BCUT2D eigenvalue weighted by atomic mass is 9.95. The molecule has 0 bridgehead atoms. The van der Waals surface area contributed by atoms with Crippen molar-refractivity contribution in [2.75, 3.05) is 5.73 Å². The number of nitrogens with one attached hydrogen (secondary N) is 1. The van der Waals surface area contributed by atoms with E-state index in [1.165, 1.54) is 5.56 Å². The Kier molecular flexibility index (Phi) is 1.63. The molecule has 0 saturated heterocycles. The van der Waals surface area contributed by atoms with Crippen molar-refractivity contribution in [3.05, 3.63) is 29.5 Å². The minimum atomic E-state index is 0.228. The molecule has 0 spiro atoms. The number of rotatable bonds is 0. The van der Waals surface area contributed by atoms with E-state index in [1.807, 2.05) is 18.2 Å². The SMILES string of the molecule is Nc1ccc2c3c([nH]c2c1)C(=O)CCC3. The Morgan fingerprint density at radius 3 is 3.00 bits per heavy atom. The molecule has 0 radical (unpaired) electrons. The zero-order valence-corrected chi connectivity index (χ0v) is 8.34. The topological polar surface area (TPSA) is 58.9 Å². The third-order valence-electron chi connectivity index (χ3n) is 3.04. The number of anilines is 1. The molecule has 76 valence electrons. The molecule has 3 rings (SSSR count). The fraction of sp³-hybridized carbons (Fsp3) is 0.250. The van der Waals surface area contributed by atoms with Crippen LogP contribution in [0.1, 0.15) is 28.9 Å². The summed E-state index contributed by atoms with van der Waals surface area (Å²) in [7, 11) is 0. The van der Waals surface area contributed by atoms with E-state index in [-0.39, 0.29) is 5.78 Å². The molecule has 1 aromatic carbocycles. The smallest absolute Gasteiger partial charge is 0.179 e. The maximum absolute atomic E-state index is 11.7. The van der Waals surface area contributed by atoms with Crippen molar-refractivity contribution in [3.8, 4) is 0 Å². The van der Waals surface area contributed by atoms with Crippen molar-refractivity contribution in [2.45, 2.75) is 19.3 Å². The molecule has 1 heterocycles. The molecular weight excluding hydrogens is 188 g/mol. The molecule has 0 unspecified atom stereocenters. The number of aromatic amines is 1. The summed E-state index contributed by atoms with van der Waals surface area (Å²) in [6.45, 7) is 0. The number of carbonyl (C=O) groups excluding carboxylic acids is 1. The summed E-state index contributed by atoms with van der Waals surface area (Å²) < 4.78 is 0. The van der Waals surface area contributed by atoms with Crippen LogP contribution in [0.15, 0.2) is 18.2 Å². The maximum Gasteiger partial charge on any atom is 0.179 e. The van der Waals surface area contributed by atoms with E-state index in [0.29, 0.717) is 6.42 Å². The number of Topliss-reactive ketones (excluding diaryl/α,β-unsaturated/α-hetero) is 1. The van der Waals surface area contributed by atoms with Gasteiger partial charge in [0.25, 0.3) is 0 Å². The lowest BCUT2D eigenvalue weighted by Gasteiger charge is -2.09. The molecule has 1 aromatic heterocycles. The molecule has 15 heavy (non-hydrogen) atoms. The zero-order valence-electron chi connectivity index (χ0n) is 8.34. The van der Waals surface area contributed by atoms with Crippen molar-refractivity contribution in [1.82, 2.24) is 4.98 Å². The van der Waals surface area contributed by atoms with Crippen molar-refractivity contribution in [3.63, 3.8) is 0 Å². The minimum Gasteiger partial charge on any atom is -0.399 e. The normalized spacial score (nSPS) is 15.6. The first kappa shape index (κ1) is 8.53.